The fourth-order valence-corrected chi connectivity index (χ4v) is 1.27. The standard InChI is InChI=1S/C12H10N2O3/c15-12(16)11-6-10(7-13-14-11)17-8-9-4-2-1-3-5-9/h1-7H,8H2,(H,15,16). The van der Waals surface area contributed by atoms with E-state index in [1.165, 1.54) is 12.3 Å². The molecule has 1 aromatic carbocycles. The number of ether oxygens (including phenoxy) is 1. The zero-order valence-corrected chi connectivity index (χ0v) is 8.91. The number of hydrogen-bond acceptors (Lipinski definition) is 4. The van der Waals surface area contributed by atoms with E-state index in [1.807, 2.05) is 30.3 Å². The van der Waals surface area contributed by atoms with Crippen LogP contribution in [0.2, 0.25) is 0 Å². The van der Waals surface area contributed by atoms with Crippen molar-refractivity contribution >= 4 is 5.97 Å². The Morgan fingerprint density at radius 3 is 2.76 bits per heavy atom. The van der Waals surface area contributed by atoms with Crippen LogP contribution in [0.3, 0.4) is 0 Å². The van der Waals surface area contributed by atoms with Gasteiger partial charge < -0.3 is 9.84 Å². The summed E-state index contributed by atoms with van der Waals surface area (Å²) in [6, 6.07) is 10.9. The van der Waals surface area contributed by atoms with Crippen LogP contribution in [0.1, 0.15) is 16.1 Å². The molecule has 0 aliphatic carbocycles. The molecule has 0 aliphatic rings. The Bertz CT molecular complexity index is 514. The van der Waals surface area contributed by atoms with Crippen LogP contribution in [0.25, 0.3) is 0 Å². The summed E-state index contributed by atoms with van der Waals surface area (Å²) in [4.78, 5) is 10.7. The van der Waals surface area contributed by atoms with Crippen molar-refractivity contribution in [3.05, 3.63) is 53.9 Å². The van der Waals surface area contributed by atoms with Crippen LogP contribution in [0, 0.1) is 0 Å². The Morgan fingerprint density at radius 1 is 1.29 bits per heavy atom. The molecule has 1 N–H and O–H groups in total. The van der Waals surface area contributed by atoms with Crippen molar-refractivity contribution < 1.29 is 14.6 Å². The lowest BCUT2D eigenvalue weighted by Gasteiger charge is -2.05. The van der Waals surface area contributed by atoms with E-state index in [0.29, 0.717) is 12.4 Å². The van der Waals surface area contributed by atoms with E-state index in [1.54, 1.807) is 0 Å². The van der Waals surface area contributed by atoms with Gasteiger partial charge in [-0.1, -0.05) is 30.3 Å². The van der Waals surface area contributed by atoms with Gasteiger partial charge in [0.2, 0.25) is 0 Å². The predicted molar refractivity (Wildman–Crippen MR) is 59.8 cm³/mol. The summed E-state index contributed by atoms with van der Waals surface area (Å²) < 4.78 is 5.42. The molecule has 0 radical (unpaired) electrons. The molecule has 0 bridgehead atoms. The highest BCUT2D eigenvalue weighted by molar-refractivity contribution is 5.85. The Kier molecular flexibility index (Phi) is 3.30. The zero-order valence-electron chi connectivity index (χ0n) is 8.91. The first-order chi connectivity index (χ1) is 8.25. The molecule has 5 nitrogen and oxygen atoms in total. The number of hydrogen-bond donors (Lipinski definition) is 1. The lowest BCUT2D eigenvalue weighted by atomic mass is 10.2. The Morgan fingerprint density at radius 2 is 2.06 bits per heavy atom. The minimum Gasteiger partial charge on any atom is -0.487 e. The molecule has 2 aromatic rings. The molecule has 5 heteroatoms. The van der Waals surface area contributed by atoms with Gasteiger partial charge in [-0.05, 0) is 5.56 Å². The first kappa shape index (κ1) is 11.1. The van der Waals surface area contributed by atoms with Gasteiger partial charge in [-0.15, -0.1) is 5.10 Å². The maximum atomic E-state index is 10.7. The van der Waals surface area contributed by atoms with E-state index in [-0.39, 0.29) is 5.69 Å². The van der Waals surface area contributed by atoms with E-state index < -0.39 is 5.97 Å². The lowest BCUT2D eigenvalue weighted by Crippen LogP contribution is -2.03. The summed E-state index contributed by atoms with van der Waals surface area (Å²) in [5.74, 6) is -0.732. The second-order valence-corrected chi connectivity index (χ2v) is 3.36. The van der Waals surface area contributed by atoms with Crippen LogP contribution in [-0.4, -0.2) is 21.3 Å². The third-order valence-corrected chi connectivity index (χ3v) is 2.10. The van der Waals surface area contributed by atoms with Gasteiger partial charge in [0.1, 0.15) is 12.4 Å². The van der Waals surface area contributed by atoms with E-state index in [0.717, 1.165) is 5.56 Å². The van der Waals surface area contributed by atoms with Gasteiger partial charge >= 0.3 is 5.97 Å². The highest BCUT2D eigenvalue weighted by Gasteiger charge is 2.06. The number of benzene rings is 1. The van der Waals surface area contributed by atoms with Crippen molar-refractivity contribution in [2.24, 2.45) is 0 Å². The van der Waals surface area contributed by atoms with Crippen LogP contribution in [0.4, 0.5) is 0 Å². The van der Waals surface area contributed by atoms with Crippen molar-refractivity contribution in [2.75, 3.05) is 0 Å². The first-order valence-electron chi connectivity index (χ1n) is 4.98. The Labute approximate surface area is 97.7 Å². The number of rotatable bonds is 4. The van der Waals surface area contributed by atoms with Crippen molar-refractivity contribution in [1.82, 2.24) is 10.2 Å². The van der Waals surface area contributed by atoms with Gasteiger partial charge in [0, 0.05) is 6.07 Å². The van der Waals surface area contributed by atoms with Crippen molar-refractivity contribution in [3.8, 4) is 5.75 Å². The molecule has 0 aliphatic heterocycles. The monoisotopic (exact) mass is 230 g/mol. The third kappa shape index (κ3) is 3.01. The molecule has 86 valence electrons. The smallest absolute Gasteiger partial charge is 0.356 e. The van der Waals surface area contributed by atoms with Gasteiger partial charge in [-0.25, -0.2) is 4.79 Å². The molecular formula is C12H10N2O3. The van der Waals surface area contributed by atoms with Gasteiger partial charge in [0.25, 0.3) is 0 Å². The fraction of sp³-hybridized carbons (Fsp3) is 0.0833. The lowest BCUT2D eigenvalue weighted by molar-refractivity contribution is 0.0688. The molecule has 0 atom stereocenters. The second kappa shape index (κ2) is 5.07. The number of carbonyl (C=O) groups is 1. The number of aromatic nitrogens is 2. The Hall–Kier alpha value is -2.43. The Balaban J connectivity index is 2.04. The average molecular weight is 230 g/mol. The van der Waals surface area contributed by atoms with E-state index >= 15 is 0 Å². The molecule has 17 heavy (non-hydrogen) atoms. The fourth-order valence-electron chi connectivity index (χ4n) is 1.27. The second-order valence-electron chi connectivity index (χ2n) is 3.36. The minimum absolute atomic E-state index is 0.129. The maximum absolute atomic E-state index is 10.7. The van der Waals surface area contributed by atoms with Crippen LogP contribution >= 0.6 is 0 Å². The summed E-state index contributed by atoms with van der Waals surface area (Å²) >= 11 is 0. The highest BCUT2D eigenvalue weighted by atomic mass is 16.5. The molecule has 1 aromatic heterocycles. The van der Waals surface area contributed by atoms with E-state index in [2.05, 4.69) is 10.2 Å². The number of nitrogens with zero attached hydrogens (tertiary/aromatic N) is 2. The number of carboxylic acids is 1. The van der Waals surface area contributed by atoms with Gasteiger partial charge in [0.15, 0.2) is 5.69 Å². The normalized spacial score (nSPS) is 9.88. The highest BCUT2D eigenvalue weighted by Crippen LogP contribution is 2.11. The van der Waals surface area contributed by atoms with Crippen LogP contribution in [-0.2, 0) is 6.61 Å². The summed E-state index contributed by atoms with van der Waals surface area (Å²) in [5.41, 5.74) is 0.872. The molecule has 0 amide bonds. The van der Waals surface area contributed by atoms with Crippen molar-refractivity contribution in [1.29, 1.82) is 0 Å². The van der Waals surface area contributed by atoms with Crippen LogP contribution in [0.5, 0.6) is 5.75 Å². The van der Waals surface area contributed by atoms with Gasteiger partial charge in [0.05, 0.1) is 6.20 Å². The predicted octanol–water partition coefficient (Wildman–Crippen LogP) is 1.75. The molecular weight excluding hydrogens is 220 g/mol. The topological polar surface area (TPSA) is 72.3 Å². The van der Waals surface area contributed by atoms with E-state index in [4.69, 9.17) is 9.84 Å². The number of aromatic carboxylic acids is 1. The molecule has 0 unspecified atom stereocenters. The quantitative estimate of drug-likeness (QED) is 0.866. The molecule has 2 rings (SSSR count). The van der Waals surface area contributed by atoms with Crippen LogP contribution in [0.15, 0.2) is 42.6 Å². The van der Waals surface area contributed by atoms with Gasteiger partial charge in [-0.2, -0.15) is 5.10 Å². The molecule has 0 fully saturated rings. The number of carboxylic acid groups (broad SMARTS) is 1. The summed E-state index contributed by atoms with van der Waals surface area (Å²) in [6.45, 7) is 0.367. The molecule has 0 saturated heterocycles. The maximum Gasteiger partial charge on any atom is 0.356 e. The molecule has 0 spiro atoms. The molecule has 0 saturated carbocycles. The SMILES string of the molecule is O=C(O)c1cc(OCc2ccccc2)cnn1. The summed E-state index contributed by atoms with van der Waals surface area (Å²) in [7, 11) is 0. The van der Waals surface area contributed by atoms with Crippen molar-refractivity contribution in [2.45, 2.75) is 6.61 Å². The average Bonchev–Trinajstić information content (AvgIpc) is 2.38. The minimum atomic E-state index is -1.12. The first-order valence-corrected chi connectivity index (χ1v) is 4.98. The third-order valence-electron chi connectivity index (χ3n) is 2.10. The largest absolute Gasteiger partial charge is 0.487 e. The zero-order chi connectivity index (χ0) is 12.1. The molecule has 1 heterocycles. The van der Waals surface area contributed by atoms with E-state index in [9.17, 15) is 4.79 Å². The summed E-state index contributed by atoms with van der Waals surface area (Å²) in [6.07, 6.45) is 1.38. The van der Waals surface area contributed by atoms with Crippen LogP contribution < -0.4 is 4.74 Å². The summed E-state index contributed by atoms with van der Waals surface area (Å²) in [5, 5.41) is 15.8. The van der Waals surface area contributed by atoms with Gasteiger partial charge in [-0.3, -0.25) is 0 Å². The van der Waals surface area contributed by atoms with Crippen molar-refractivity contribution in [3.63, 3.8) is 0 Å².